The number of aromatic amines is 2. The van der Waals surface area contributed by atoms with Crippen LogP contribution in [-0.2, 0) is 75.7 Å². The molecule has 2 bridgehead atoms. The van der Waals surface area contributed by atoms with Crippen molar-refractivity contribution in [3.8, 4) is 0 Å². The monoisotopic (exact) mass is 1160 g/mol. The number of fused-ring (bicyclic) bond motifs is 5. The van der Waals surface area contributed by atoms with E-state index in [2.05, 4.69) is 48.5 Å². The molecule has 414 valence electrons. The minimum Gasteiger partial charge on any atom is -0.387 e. The molecule has 76 heavy (non-hydrogen) atoms. The van der Waals surface area contributed by atoms with Crippen LogP contribution in [0.5, 0.6) is 0 Å². The summed E-state index contributed by atoms with van der Waals surface area (Å²) >= 11 is 0. The first-order chi connectivity index (χ1) is 35.7. The topological polar surface area (TPSA) is 551 Å². The molecule has 4 saturated heterocycles. The summed E-state index contributed by atoms with van der Waals surface area (Å²) in [5, 5.41) is 32.9. The smallest absolute Gasteiger partial charge is 0.387 e. The number of phosphoric ester groups is 3. The highest BCUT2D eigenvalue weighted by molar-refractivity contribution is 7.66. The van der Waals surface area contributed by atoms with Crippen LogP contribution >= 0.6 is 31.3 Å². The van der Waals surface area contributed by atoms with E-state index in [0.717, 1.165) is 24.3 Å². The second kappa shape index (κ2) is 19.6. The Labute approximate surface area is 420 Å². The van der Waals surface area contributed by atoms with E-state index in [0.29, 0.717) is 0 Å². The molecule has 16 atom stereocenters. The van der Waals surface area contributed by atoms with Crippen molar-refractivity contribution < 1.29 is 108 Å². The number of rotatable bonds is 19. The number of nitrogens with zero attached hydrogens (tertiary/aromatic N) is 10. The van der Waals surface area contributed by atoms with E-state index in [-0.39, 0.29) is 51.2 Å². The number of nitrogens with one attached hydrogen (secondary N) is 2. The van der Waals surface area contributed by atoms with Crippen LogP contribution in [-0.4, -0.2) is 176 Å². The summed E-state index contributed by atoms with van der Waals surface area (Å²) < 4.78 is 116. The van der Waals surface area contributed by atoms with E-state index >= 15 is 0 Å². The van der Waals surface area contributed by atoms with E-state index in [9.17, 15) is 62.7 Å². The van der Waals surface area contributed by atoms with Crippen LogP contribution in [0, 0.1) is 0 Å². The van der Waals surface area contributed by atoms with Crippen LogP contribution in [0.4, 0.5) is 17.7 Å². The van der Waals surface area contributed by atoms with Gasteiger partial charge < -0.3 is 75.8 Å². The Morgan fingerprint density at radius 1 is 0.776 bits per heavy atom. The lowest BCUT2D eigenvalue weighted by molar-refractivity contribution is -0.745. The number of nitrogens with two attached hydrogens (primary N) is 3. The fourth-order valence-corrected chi connectivity index (χ4v) is 13.6. The van der Waals surface area contributed by atoms with E-state index in [1.807, 2.05) is 0 Å². The van der Waals surface area contributed by atoms with E-state index in [4.69, 9.17) is 59.0 Å². The van der Waals surface area contributed by atoms with Crippen LogP contribution in [0.1, 0.15) is 18.7 Å². The van der Waals surface area contributed by atoms with Gasteiger partial charge in [-0.25, -0.2) is 42.8 Å². The van der Waals surface area contributed by atoms with Crippen molar-refractivity contribution in [2.24, 2.45) is 7.05 Å². The maximum absolute atomic E-state index is 13.7. The molecule has 43 heteroatoms. The van der Waals surface area contributed by atoms with Gasteiger partial charge >= 0.3 is 36.9 Å². The number of H-pyrrole nitrogens is 2. The van der Waals surface area contributed by atoms with Gasteiger partial charge in [-0.3, -0.25) is 51.4 Å². The van der Waals surface area contributed by atoms with Gasteiger partial charge in [-0.2, -0.15) is 13.6 Å². The molecule has 0 spiro atoms. The van der Waals surface area contributed by atoms with Gasteiger partial charge in [0.25, 0.3) is 17.1 Å². The number of hydrogen-bond donors (Lipinski definition) is 12. The number of imidazole rings is 3. The van der Waals surface area contributed by atoms with Gasteiger partial charge in [-0.15, -0.1) is 0 Å². The number of hydrogen-bond acceptors (Lipinski definition) is 29. The van der Waals surface area contributed by atoms with E-state index in [1.165, 1.54) is 33.4 Å². The highest BCUT2D eigenvalue weighted by atomic mass is 31.3. The number of aliphatic hydroxyl groups excluding tert-OH is 3. The Bertz CT molecular complexity index is 3560. The summed E-state index contributed by atoms with van der Waals surface area (Å²) in [6.07, 6.45) is -12.5. The third-order valence-corrected chi connectivity index (χ3v) is 17.5. The minimum absolute atomic E-state index is 0.0228. The van der Waals surface area contributed by atoms with Crippen LogP contribution < -0.4 is 32.9 Å². The molecule has 39 nitrogen and oxygen atoms in total. The molecular weight excluding hydrogens is 1110 g/mol. The summed E-state index contributed by atoms with van der Waals surface area (Å²) in [6, 6.07) is 0. The molecule has 6 aromatic heterocycles. The number of ether oxygens (including phenoxy) is 5. The fourth-order valence-electron chi connectivity index (χ4n) is 9.01. The van der Waals surface area contributed by atoms with Gasteiger partial charge in [0, 0.05) is 7.11 Å². The summed E-state index contributed by atoms with van der Waals surface area (Å²) in [5.74, 6) is -0.658. The van der Waals surface area contributed by atoms with Crippen molar-refractivity contribution in [2.75, 3.05) is 50.7 Å². The number of methoxy groups -OCH3 is 1. The molecule has 7 unspecified atom stereocenters. The molecule has 10 heterocycles. The van der Waals surface area contributed by atoms with Crippen LogP contribution in [0.15, 0.2) is 34.9 Å². The molecule has 4 fully saturated rings. The SMILES string of the molecule is COC1[C@@H](COP(=O)(O)OP(=O)(O)OP(=O)(O)OC[C@]23CO[C@@H](C2OP(=O)(O)OC[C@H]2O[C@@H](n4cnc5c(=O)[nH]c(N)nc54)C(O)[C@H]2O)[C@H](n2cnc4c(N)ncnc42)O3)O[C@@H]([n+]2cn(C)c3c(=O)[nH]c(N)nc32)[C@H]1O. The molecule has 6 aromatic rings. The lowest BCUT2D eigenvalue weighted by Gasteiger charge is -2.32. The Balaban J connectivity index is 0.813. The van der Waals surface area contributed by atoms with E-state index < -0.39 is 142 Å². The van der Waals surface area contributed by atoms with Gasteiger partial charge in [0.1, 0.15) is 66.3 Å². The maximum Gasteiger partial charge on any atom is 0.490 e. The van der Waals surface area contributed by atoms with Crippen LogP contribution in [0.25, 0.3) is 33.5 Å². The molecule has 4 aliphatic rings. The molecule has 0 aromatic carbocycles. The largest absolute Gasteiger partial charge is 0.490 e. The molecule has 15 N–H and O–H groups in total. The summed E-state index contributed by atoms with van der Waals surface area (Å²) in [6.45, 7) is -3.91. The zero-order chi connectivity index (χ0) is 54.6. The number of aliphatic hydroxyl groups is 3. The molecule has 0 radical (unpaired) electrons. The summed E-state index contributed by atoms with van der Waals surface area (Å²) in [5.41, 5.74) is 13.4. The standard InChI is InChI=1S/C33H43N15O24P4/c1-45-10-48(25-15(45)27(53)44-32(36)42-25)29-18(51)19(62-2)12(68-29)4-65-74(56,57)71-76(60,61)72-75(58,59)66-6-33-5-63-20(30(69-33)46-8-39-13-22(34)37-7-38-23(13)46)21(33)70-73(54,55)64-3-11-16(49)17(50)28(67-11)47-9-40-14-24(47)41-31(35)43-26(14)52/h7-12,16-21,28-30,49-51H,3-6H2,1-2H3,(H11-,34,35,36,37,38,41,42,43,44,52,53,54,55,56,57,58,59,60,61)/p+1/t11-,12-,16+,17?,18+,19?,20+,21?,28-,29-,30-,33-/m1/s1. The molecular formula is C33H44N15O24P4+. The number of aromatic nitrogens is 12. The van der Waals surface area contributed by atoms with Crippen molar-refractivity contribution in [1.29, 1.82) is 0 Å². The highest BCUT2D eigenvalue weighted by Crippen LogP contribution is 2.68. The van der Waals surface area contributed by atoms with E-state index in [1.54, 1.807) is 0 Å². The summed E-state index contributed by atoms with van der Waals surface area (Å²) in [7, 11) is -20.8. The van der Waals surface area contributed by atoms with Gasteiger partial charge in [-0.1, -0.05) is 4.98 Å². The predicted octanol–water partition coefficient (Wildman–Crippen LogP) is -4.30. The van der Waals surface area contributed by atoms with Crippen LogP contribution in [0.3, 0.4) is 0 Å². The lowest BCUT2D eigenvalue weighted by atomic mass is 10.0. The first-order valence-corrected chi connectivity index (χ1v) is 27.6. The van der Waals surface area contributed by atoms with Crippen molar-refractivity contribution in [3.05, 3.63) is 46.0 Å². The average molecular weight is 1160 g/mol. The first kappa shape index (κ1) is 54.2. The van der Waals surface area contributed by atoms with Gasteiger partial charge in [0.2, 0.25) is 17.7 Å². The highest BCUT2D eigenvalue weighted by Gasteiger charge is 2.66. The fraction of sp³-hybridized carbons (Fsp3) is 0.545. The molecule has 4 aliphatic heterocycles. The zero-order valence-corrected chi connectivity index (χ0v) is 42.1. The molecule has 0 aliphatic carbocycles. The van der Waals surface area contributed by atoms with Gasteiger partial charge in [0.15, 0.2) is 41.4 Å². The molecule has 10 rings (SSSR count). The normalized spacial score (nSPS) is 31.8. The molecule has 0 amide bonds. The van der Waals surface area contributed by atoms with Crippen molar-refractivity contribution in [1.82, 2.24) is 53.6 Å². The predicted molar refractivity (Wildman–Crippen MR) is 242 cm³/mol. The number of nitrogen functional groups attached to an aromatic ring is 3. The van der Waals surface area contributed by atoms with Crippen LogP contribution in [0.2, 0.25) is 0 Å². The average Bonchev–Trinajstić information content (AvgIpc) is 4.23. The number of aryl methyl sites for hydroxylation is 1. The Kier molecular flexibility index (Phi) is 14.0. The van der Waals surface area contributed by atoms with Crippen molar-refractivity contribution >= 4 is 82.5 Å². The van der Waals surface area contributed by atoms with Crippen molar-refractivity contribution in [3.63, 3.8) is 0 Å². The Hall–Kier alpha value is -5.15. The number of phosphoric acid groups is 4. The third kappa shape index (κ3) is 10.0. The zero-order valence-electron chi connectivity index (χ0n) is 38.6. The molecule has 0 saturated carbocycles. The Morgan fingerprint density at radius 2 is 1.42 bits per heavy atom. The number of anilines is 3. The van der Waals surface area contributed by atoms with Gasteiger partial charge in [-0.05, 0) is 0 Å². The van der Waals surface area contributed by atoms with Crippen molar-refractivity contribution in [2.45, 2.75) is 73.1 Å². The minimum atomic E-state index is -6.19. The lowest BCUT2D eigenvalue weighted by Crippen LogP contribution is -2.46. The third-order valence-electron chi connectivity index (χ3n) is 12.3. The second-order valence-corrected chi connectivity index (χ2v) is 23.2. The summed E-state index contributed by atoms with van der Waals surface area (Å²) in [4.78, 5) is 96.4. The first-order valence-electron chi connectivity index (χ1n) is 21.6. The van der Waals surface area contributed by atoms with Gasteiger partial charge in [0.05, 0.1) is 46.1 Å². The Morgan fingerprint density at radius 3 is 2.14 bits per heavy atom. The quantitative estimate of drug-likeness (QED) is 0.0270. The maximum atomic E-state index is 13.7. The second-order valence-electron chi connectivity index (χ2n) is 17.2.